The first-order valence-corrected chi connectivity index (χ1v) is 12.3. The topological polar surface area (TPSA) is 121 Å². The number of methoxy groups -OCH3 is 1. The monoisotopic (exact) mass is 489 g/mol. The minimum atomic E-state index is -3.59. The predicted octanol–water partition coefficient (Wildman–Crippen LogP) is 1.06. The number of rotatable bonds is 7. The van der Waals surface area contributed by atoms with Crippen LogP contribution in [0.2, 0.25) is 0 Å². The molecule has 2 fully saturated rings. The van der Waals surface area contributed by atoms with Crippen LogP contribution in [-0.4, -0.2) is 82.2 Å². The minimum Gasteiger partial charge on any atom is -0.497 e. The number of anilines is 2. The zero-order chi connectivity index (χ0) is 24.3. The Balaban J connectivity index is 1.35. The lowest BCUT2D eigenvalue weighted by atomic mass is 10.3. The molecule has 2 aliphatic rings. The van der Waals surface area contributed by atoms with Gasteiger partial charge in [0, 0.05) is 33.1 Å². The number of carbonyl (C=O) groups is 2. The van der Waals surface area contributed by atoms with Crippen LogP contribution in [-0.2, 0) is 19.6 Å². The molecule has 11 nitrogen and oxygen atoms in total. The van der Waals surface area contributed by atoms with Crippen molar-refractivity contribution in [3.8, 4) is 5.75 Å². The molecule has 4 rings (SSSR count). The van der Waals surface area contributed by atoms with E-state index in [0.29, 0.717) is 50.0 Å². The first-order chi connectivity index (χ1) is 16.3. The number of nitrogens with one attached hydrogen (secondary N) is 1. The highest BCUT2D eigenvalue weighted by molar-refractivity contribution is 7.89. The largest absolute Gasteiger partial charge is 0.497 e. The molecular formula is C22H27N5O6S. The molecule has 1 atom stereocenters. The van der Waals surface area contributed by atoms with E-state index in [1.165, 1.54) is 23.2 Å². The third kappa shape index (κ3) is 5.07. The van der Waals surface area contributed by atoms with E-state index in [-0.39, 0.29) is 17.3 Å². The SMILES string of the molecule is COc1ccc(S(=O)(=O)N2CCN(c3ccc(N4C[C@H](CNC(C)=O)OC4=O)cn3)CC2)cc1. The highest BCUT2D eigenvalue weighted by Gasteiger charge is 2.33. The number of ether oxygens (including phenoxy) is 2. The molecule has 2 aromatic rings. The lowest BCUT2D eigenvalue weighted by molar-refractivity contribution is -0.119. The van der Waals surface area contributed by atoms with Gasteiger partial charge in [-0.1, -0.05) is 0 Å². The second kappa shape index (κ2) is 9.85. The van der Waals surface area contributed by atoms with E-state index in [9.17, 15) is 18.0 Å². The van der Waals surface area contributed by atoms with Crippen molar-refractivity contribution in [1.29, 1.82) is 0 Å². The number of pyridine rings is 1. The van der Waals surface area contributed by atoms with Gasteiger partial charge in [0.25, 0.3) is 0 Å². The van der Waals surface area contributed by atoms with Gasteiger partial charge in [0.1, 0.15) is 17.7 Å². The molecule has 12 heteroatoms. The fourth-order valence-electron chi connectivity index (χ4n) is 3.88. The Morgan fingerprint density at radius 1 is 1.15 bits per heavy atom. The number of piperazine rings is 1. The van der Waals surface area contributed by atoms with Crippen LogP contribution in [0.4, 0.5) is 16.3 Å². The quantitative estimate of drug-likeness (QED) is 0.613. The maximum atomic E-state index is 12.9. The highest BCUT2D eigenvalue weighted by Crippen LogP contribution is 2.25. The van der Waals surface area contributed by atoms with E-state index in [4.69, 9.17) is 9.47 Å². The standard InChI is InChI=1S/C22H27N5O6S/c1-16(28)23-14-19-15-27(22(29)33-19)17-3-8-21(24-13-17)25-9-11-26(12-10-25)34(30,31)20-6-4-18(32-2)5-7-20/h3-8,13,19H,9-12,14-15H2,1-2H3,(H,23,28)/t19-/m0/s1. The fourth-order valence-corrected chi connectivity index (χ4v) is 5.30. The summed E-state index contributed by atoms with van der Waals surface area (Å²) in [4.78, 5) is 31.4. The summed E-state index contributed by atoms with van der Waals surface area (Å²) in [5, 5.41) is 2.64. The van der Waals surface area contributed by atoms with E-state index < -0.39 is 22.2 Å². The molecule has 1 aromatic heterocycles. The lowest BCUT2D eigenvalue weighted by Crippen LogP contribution is -2.48. The fraction of sp³-hybridized carbons (Fsp3) is 0.409. The van der Waals surface area contributed by atoms with Crippen LogP contribution < -0.4 is 19.9 Å². The third-order valence-corrected chi connectivity index (χ3v) is 7.67. The van der Waals surface area contributed by atoms with Gasteiger partial charge >= 0.3 is 6.09 Å². The number of benzene rings is 1. The van der Waals surface area contributed by atoms with E-state index in [1.54, 1.807) is 42.6 Å². The Labute approximate surface area is 198 Å². The lowest BCUT2D eigenvalue weighted by Gasteiger charge is -2.34. The molecule has 0 saturated carbocycles. The van der Waals surface area contributed by atoms with Gasteiger partial charge in [0.2, 0.25) is 15.9 Å². The molecule has 0 aliphatic carbocycles. The van der Waals surface area contributed by atoms with Crippen LogP contribution in [0.15, 0.2) is 47.5 Å². The summed E-state index contributed by atoms with van der Waals surface area (Å²) in [5.74, 6) is 1.12. The molecule has 0 spiro atoms. The number of aromatic nitrogens is 1. The van der Waals surface area contributed by atoms with Gasteiger partial charge in [-0.25, -0.2) is 18.2 Å². The van der Waals surface area contributed by atoms with Crippen molar-refractivity contribution in [2.24, 2.45) is 0 Å². The number of carbonyl (C=O) groups excluding carboxylic acids is 2. The first-order valence-electron chi connectivity index (χ1n) is 10.9. The zero-order valence-electron chi connectivity index (χ0n) is 19.0. The Morgan fingerprint density at radius 2 is 1.85 bits per heavy atom. The van der Waals surface area contributed by atoms with E-state index in [0.717, 1.165) is 0 Å². The van der Waals surface area contributed by atoms with Crippen molar-refractivity contribution in [2.75, 3.05) is 56.2 Å². The third-order valence-electron chi connectivity index (χ3n) is 5.76. The smallest absolute Gasteiger partial charge is 0.414 e. The number of sulfonamides is 1. The molecule has 0 radical (unpaired) electrons. The van der Waals surface area contributed by atoms with Crippen molar-refractivity contribution in [2.45, 2.75) is 17.9 Å². The highest BCUT2D eigenvalue weighted by atomic mass is 32.2. The van der Waals surface area contributed by atoms with Crippen LogP contribution >= 0.6 is 0 Å². The van der Waals surface area contributed by atoms with Gasteiger partial charge in [-0.3, -0.25) is 9.69 Å². The molecule has 2 amide bonds. The Kier molecular flexibility index (Phi) is 6.89. The zero-order valence-corrected chi connectivity index (χ0v) is 19.8. The second-order valence-corrected chi connectivity index (χ2v) is 9.93. The van der Waals surface area contributed by atoms with Crippen molar-refractivity contribution < 1.29 is 27.5 Å². The Bertz CT molecular complexity index is 1130. The van der Waals surface area contributed by atoms with Crippen molar-refractivity contribution in [3.05, 3.63) is 42.6 Å². The van der Waals surface area contributed by atoms with E-state index in [2.05, 4.69) is 10.3 Å². The van der Waals surface area contributed by atoms with Gasteiger partial charge in [-0.05, 0) is 36.4 Å². The second-order valence-electron chi connectivity index (χ2n) is 7.99. The van der Waals surface area contributed by atoms with Crippen LogP contribution in [0, 0.1) is 0 Å². The molecular weight excluding hydrogens is 462 g/mol. The maximum absolute atomic E-state index is 12.9. The van der Waals surface area contributed by atoms with Crippen LogP contribution in [0.3, 0.4) is 0 Å². The molecule has 2 saturated heterocycles. The van der Waals surface area contributed by atoms with Gasteiger partial charge < -0.3 is 19.7 Å². The predicted molar refractivity (Wildman–Crippen MR) is 125 cm³/mol. The van der Waals surface area contributed by atoms with Gasteiger partial charge in [0.05, 0.1) is 37.0 Å². The summed E-state index contributed by atoms with van der Waals surface area (Å²) in [5.41, 5.74) is 0.597. The van der Waals surface area contributed by atoms with Crippen LogP contribution in [0.1, 0.15) is 6.92 Å². The summed E-state index contributed by atoms with van der Waals surface area (Å²) in [6, 6.07) is 9.94. The van der Waals surface area contributed by atoms with Crippen molar-refractivity contribution in [1.82, 2.24) is 14.6 Å². The van der Waals surface area contributed by atoms with E-state index >= 15 is 0 Å². The summed E-state index contributed by atoms with van der Waals surface area (Å²) in [6.45, 7) is 3.64. The number of cyclic esters (lactones) is 1. The summed E-state index contributed by atoms with van der Waals surface area (Å²) < 4.78 is 37.7. The molecule has 3 heterocycles. The van der Waals surface area contributed by atoms with Crippen LogP contribution in [0.5, 0.6) is 5.75 Å². The number of hydrogen-bond acceptors (Lipinski definition) is 8. The average Bonchev–Trinajstić information content (AvgIpc) is 3.23. The first kappa shape index (κ1) is 23.8. The number of amides is 2. The molecule has 0 unspecified atom stereocenters. The Morgan fingerprint density at radius 3 is 2.44 bits per heavy atom. The molecule has 182 valence electrons. The van der Waals surface area contributed by atoms with Crippen LogP contribution in [0.25, 0.3) is 0 Å². The Hall–Kier alpha value is -3.38. The molecule has 1 aromatic carbocycles. The van der Waals surface area contributed by atoms with Crippen molar-refractivity contribution >= 4 is 33.5 Å². The number of hydrogen-bond donors (Lipinski definition) is 1. The van der Waals surface area contributed by atoms with Gasteiger partial charge in [-0.15, -0.1) is 0 Å². The molecule has 1 N–H and O–H groups in total. The van der Waals surface area contributed by atoms with Gasteiger partial charge in [0.15, 0.2) is 0 Å². The summed E-state index contributed by atoms with van der Waals surface area (Å²) in [7, 11) is -2.05. The normalized spacial score (nSPS) is 19.1. The van der Waals surface area contributed by atoms with E-state index in [1.807, 2.05) is 4.90 Å². The minimum absolute atomic E-state index is 0.183. The van der Waals surface area contributed by atoms with Gasteiger partial charge in [-0.2, -0.15) is 4.31 Å². The molecule has 0 bridgehead atoms. The summed E-state index contributed by atoms with van der Waals surface area (Å²) >= 11 is 0. The molecule has 2 aliphatic heterocycles. The van der Waals surface area contributed by atoms with Crippen molar-refractivity contribution in [3.63, 3.8) is 0 Å². The summed E-state index contributed by atoms with van der Waals surface area (Å²) in [6.07, 6.45) is 0.691. The molecule has 34 heavy (non-hydrogen) atoms. The number of nitrogens with zero attached hydrogens (tertiary/aromatic N) is 4. The maximum Gasteiger partial charge on any atom is 0.414 e. The average molecular weight is 490 g/mol.